The van der Waals surface area contributed by atoms with E-state index >= 15 is 0 Å². The number of hydrogen-bond acceptors (Lipinski definition) is 8. The molecule has 0 atom stereocenters. The van der Waals surface area contributed by atoms with Crippen LogP contribution in [0.5, 0.6) is 11.5 Å². The first kappa shape index (κ1) is 44.5. The van der Waals surface area contributed by atoms with Gasteiger partial charge in [0.1, 0.15) is 29.1 Å². The van der Waals surface area contributed by atoms with Gasteiger partial charge in [0.15, 0.2) is 5.15 Å². The van der Waals surface area contributed by atoms with Crippen molar-refractivity contribution in [1.82, 2.24) is 29.8 Å². The molecule has 12 nitrogen and oxygen atoms in total. The van der Waals surface area contributed by atoms with Gasteiger partial charge in [-0.05, 0) is 48.5 Å². The van der Waals surface area contributed by atoms with E-state index < -0.39 is 0 Å². The topological polar surface area (TPSA) is 112 Å². The summed E-state index contributed by atoms with van der Waals surface area (Å²) in [6, 6.07) is 26.8. The number of amides is 2. The molecule has 308 valence electrons. The van der Waals surface area contributed by atoms with E-state index in [-0.39, 0.29) is 31.7 Å². The lowest BCUT2D eigenvalue weighted by molar-refractivity contribution is -0.132. The van der Waals surface area contributed by atoms with Gasteiger partial charge in [-0.3, -0.25) is 19.4 Å². The minimum Gasteiger partial charge on any atom is -0.495 e. The standard InChI is InChI=1S/C20H20Cl2N4O2.C13H16Cl2N2O2.C7H5ClN2.CH4/c1-28-18-12-14(6-7-16(18)21)24-8-10-25(11-9-24)19(27)13-26-17-5-3-2-4-15(17)20(22)23-26;1-19-12-8-10(2-3-11(12)15)16-4-6-17(7-5-16)13(18)9-14;8-7-5-3-1-2-4-6(5)9-10-7;/h2-7,12H,8-11,13H2,1H3;2-3,8H,4-7,9H2,1H3;1-4H,(H,9,10);1H4. The Bertz CT molecular complexity index is 2310. The third-order valence-corrected chi connectivity index (χ3v) is 11.1. The molecule has 0 radical (unpaired) electrons. The number of carbonyl (C=O) groups is 2. The molecule has 0 unspecified atom stereocenters. The van der Waals surface area contributed by atoms with Gasteiger partial charge in [0, 0.05) is 86.6 Å². The van der Waals surface area contributed by atoms with Crippen LogP contribution >= 0.6 is 58.0 Å². The van der Waals surface area contributed by atoms with Crippen LogP contribution in [0.3, 0.4) is 0 Å². The number of fused-ring (bicyclic) bond motifs is 2. The van der Waals surface area contributed by atoms with Crippen LogP contribution in [0, 0.1) is 0 Å². The van der Waals surface area contributed by atoms with E-state index in [2.05, 4.69) is 25.1 Å². The van der Waals surface area contributed by atoms with E-state index in [9.17, 15) is 9.59 Å². The first-order valence-corrected chi connectivity index (χ1v) is 20.1. The summed E-state index contributed by atoms with van der Waals surface area (Å²) in [4.78, 5) is 32.4. The number of rotatable bonds is 7. The Morgan fingerprint density at radius 2 is 1.17 bits per heavy atom. The van der Waals surface area contributed by atoms with Gasteiger partial charge in [0.05, 0.1) is 35.3 Å². The van der Waals surface area contributed by atoms with Crippen molar-refractivity contribution < 1.29 is 19.1 Å². The smallest absolute Gasteiger partial charge is 0.244 e. The van der Waals surface area contributed by atoms with Crippen molar-refractivity contribution in [1.29, 1.82) is 0 Å². The zero-order chi connectivity index (χ0) is 40.5. The Labute approximate surface area is 363 Å². The molecule has 2 aromatic heterocycles. The number of methoxy groups -OCH3 is 2. The van der Waals surface area contributed by atoms with Crippen molar-refractivity contribution in [3.8, 4) is 11.5 Å². The van der Waals surface area contributed by atoms with E-state index in [1.807, 2.05) is 89.8 Å². The lowest BCUT2D eigenvalue weighted by Crippen LogP contribution is -2.49. The van der Waals surface area contributed by atoms with Gasteiger partial charge in [-0.2, -0.15) is 10.2 Å². The summed E-state index contributed by atoms with van der Waals surface area (Å²) >= 11 is 29.6. The third kappa shape index (κ3) is 10.7. The van der Waals surface area contributed by atoms with Gasteiger partial charge < -0.3 is 29.1 Å². The number of halogens is 5. The number of H-pyrrole nitrogens is 1. The SMILES string of the molecule is C.COc1cc(N2CCN(C(=O)CCl)CC2)ccc1Cl.COc1cc(N2CCN(C(=O)Cn3nc(Cl)c4ccccc43)CC2)ccc1Cl.Clc1[nH]nc2ccccc12. The average Bonchev–Trinajstić information content (AvgIpc) is 3.79. The number of hydrogen-bond donors (Lipinski definition) is 1. The minimum atomic E-state index is -0.00463. The second-order valence-electron chi connectivity index (χ2n) is 13.0. The molecular weight excluding hydrogens is 846 g/mol. The zero-order valence-corrected chi connectivity index (χ0v) is 35.1. The zero-order valence-electron chi connectivity index (χ0n) is 31.3. The number of piperazine rings is 2. The van der Waals surface area contributed by atoms with Crippen LogP contribution in [-0.4, -0.2) is 114 Å². The highest BCUT2D eigenvalue weighted by Gasteiger charge is 2.24. The summed E-state index contributed by atoms with van der Waals surface area (Å²) in [5, 5.41) is 15.0. The van der Waals surface area contributed by atoms with Crippen molar-refractivity contribution >= 4 is 103 Å². The van der Waals surface area contributed by atoms with Gasteiger partial charge in [0.2, 0.25) is 11.8 Å². The molecule has 58 heavy (non-hydrogen) atoms. The molecule has 4 aromatic carbocycles. The molecule has 17 heteroatoms. The van der Waals surface area contributed by atoms with Gasteiger partial charge in [-0.15, -0.1) is 11.6 Å². The summed E-state index contributed by atoms with van der Waals surface area (Å²) in [5.41, 5.74) is 3.87. The highest BCUT2D eigenvalue weighted by atomic mass is 35.5. The molecule has 2 aliphatic rings. The molecule has 4 heterocycles. The molecule has 2 aliphatic heterocycles. The van der Waals surface area contributed by atoms with Crippen molar-refractivity contribution in [2.75, 3.05) is 82.3 Å². The second kappa shape index (κ2) is 20.9. The molecule has 2 amide bonds. The highest BCUT2D eigenvalue weighted by Crippen LogP contribution is 2.31. The Morgan fingerprint density at radius 3 is 1.69 bits per heavy atom. The van der Waals surface area contributed by atoms with Crippen LogP contribution in [0.25, 0.3) is 21.8 Å². The predicted octanol–water partition coefficient (Wildman–Crippen LogP) is 8.79. The molecule has 0 spiro atoms. The van der Waals surface area contributed by atoms with E-state index in [1.165, 1.54) is 0 Å². The van der Waals surface area contributed by atoms with Crippen LogP contribution in [0.2, 0.25) is 20.4 Å². The molecule has 1 N–H and O–H groups in total. The molecule has 0 bridgehead atoms. The Kier molecular flexibility index (Phi) is 16.0. The van der Waals surface area contributed by atoms with Crippen LogP contribution in [0.1, 0.15) is 7.43 Å². The number of nitrogens with one attached hydrogen (secondary N) is 1. The monoisotopic (exact) mass is 888 g/mol. The molecule has 6 aromatic rings. The minimum absolute atomic E-state index is 0. The maximum absolute atomic E-state index is 12.8. The van der Waals surface area contributed by atoms with Crippen molar-refractivity contribution in [3.05, 3.63) is 105 Å². The largest absolute Gasteiger partial charge is 0.495 e. The quantitative estimate of drug-likeness (QED) is 0.159. The lowest BCUT2D eigenvalue weighted by Gasteiger charge is -2.36. The molecule has 0 aliphatic carbocycles. The number of alkyl halides is 1. The number of benzene rings is 4. The van der Waals surface area contributed by atoms with Crippen LogP contribution < -0.4 is 19.3 Å². The summed E-state index contributed by atoms with van der Waals surface area (Å²) in [5.74, 6) is 1.40. The number of nitrogens with zero attached hydrogens (tertiary/aromatic N) is 7. The van der Waals surface area contributed by atoms with Crippen LogP contribution in [0.15, 0.2) is 84.9 Å². The maximum atomic E-state index is 12.8. The van der Waals surface area contributed by atoms with Crippen LogP contribution in [-0.2, 0) is 16.1 Å². The highest BCUT2D eigenvalue weighted by molar-refractivity contribution is 6.34. The number of ether oxygens (including phenoxy) is 2. The Balaban J connectivity index is 0.000000183. The Hall–Kier alpha value is -4.59. The van der Waals surface area contributed by atoms with E-state index in [1.54, 1.807) is 23.8 Å². The normalized spacial score (nSPS) is 13.9. The first-order valence-electron chi connectivity index (χ1n) is 18.1. The number of aromatic nitrogens is 4. The maximum Gasteiger partial charge on any atom is 0.244 e. The summed E-state index contributed by atoms with van der Waals surface area (Å²) in [6.45, 7) is 5.93. The first-order chi connectivity index (χ1) is 27.6. The van der Waals surface area contributed by atoms with Gasteiger partial charge >= 0.3 is 0 Å². The fraction of sp³-hybridized carbons (Fsp3) is 0.317. The average molecular weight is 891 g/mol. The molecular formula is C41H45Cl5N8O4. The van der Waals surface area contributed by atoms with E-state index in [0.29, 0.717) is 58.0 Å². The third-order valence-electron chi connectivity index (χ3n) is 9.69. The second-order valence-corrected chi connectivity index (χ2v) is 14.8. The van der Waals surface area contributed by atoms with E-state index in [4.69, 9.17) is 67.5 Å². The van der Waals surface area contributed by atoms with Crippen LogP contribution in [0.4, 0.5) is 11.4 Å². The number of carbonyl (C=O) groups excluding carboxylic acids is 2. The van der Waals surface area contributed by atoms with Crippen molar-refractivity contribution in [2.45, 2.75) is 14.0 Å². The lowest BCUT2D eigenvalue weighted by atomic mass is 10.2. The number of para-hydroxylation sites is 2. The fourth-order valence-corrected chi connectivity index (χ4v) is 7.58. The van der Waals surface area contributed by atoms with Gasteiger partial charge in [-0.25, -0.2) is 0 Å². The number of aromatic amines is 1. The van der Waals surface area contributed by atoms with E-state index in [0.717, 1.165) is 59.4 Å². The molecule has 2 saturated heterocycles. The van der Waals surface area contributed by atoms with Crippen molar-refractivity contribution in [3.63, 3.8) is 0 Å². The summed E-state index contributed by atoms with van der Waals surface area (Å²) < 4.78 is 12.2. The Morgan fingerprint density at radius 1 is 0.672 bits per heavy atom. The van der Waals surface area contributed by atoms with Gasteiger partial charge in [-0.1, -0.05) is 78.1 Å². The number of anilines is 2. The summed E-state index contributed by atoms with van der Waals surface area (Å²) in [7, 11) is 3.20. The summed E-state index contributed by atoms with van der Waals surface area (Å²) in [6.07, 6.45) is 0. The predicted molar refractivity (Wildman–Crippen MR) is 237 cm³/mol. The molecule has 0 saturated carbocycles. The van der Waals surface area contributed by atoms with Crippen molar-refractivity contribution in [2.24, 2.45) is 0 Å². The molecule has 2 fully saturated rings. The fourth-order valence-electron chi connectivity index (χ4n) is 6.56. The van der Waals surface area contributed by atoms with Gasteiger partial charge in [0.25, 0.3) is 0 Å². The molecule has 8 rings (SSSR count).